The maximum atomic E-state index is 13.5. The van der Waals surface area contributed by atoms with Gasteiger partial charge >= 0.3 is 6.18 Å². The number of hydrogen-bond donors (Lipinski definition) is 1. The Hall–Kier alpha value is -3.93. The van der Waals surface area contributed by atoms with E-state index in [1.807, 2.05) is 0 Å². The number of alkyl halides is 3. The molecule has 0 saturated carbocycles. The number of nitrogens with one attached hydrogen (secondary N) is 1. The summed E-state index contributed by atoms with van der Waals surface area (Å²) in [5.41, 5.74) is 0.865. The van der Waals surface area contributed by atoms with E-state index in [2.05, 4.69) is 20.3 Å². The van der Waals surface area contributed by atoms with Crippen LogP contribution in [0.25, 0.3) is 16.9 Å². The van der Waals surface area contributed by atoms with Crippen molar-refractivity contribution < 1.29 is 22.4 Å². The highest BCUT2D eigenvalue weighted by Gasteiger charge is 2.33. The summed E-state index contributed by atoms with van der Waals surface area (Å²) in [5, 5.41) is 3.16. The molecule has 5 rings (SSSR count). The zero-order chi connectivity index (χ0) is 27.0. The summed E-state index contributed by atoms with van der Waals surface area (Å²) >= 11 is 6.09. The van der Waals surface area contributed by atoms with Gasteiger partial charge in [0.15, 0.2) is 5.65 Å². The lowest BCUT2D eigenvalue weighted by Crippen LogP contribution is -2.52. The van der Waals surface area contributed by atoms with Crippen LogP contribution in [0.15, 0.2) is 55.1 Å². The summed E-state index contributed by atoms with van der Waals surface area (Å²) < 4.78 is 54.1. The van der Waals surface area contributed by atoms with E-state index in [-0.39, 0.29) is 22.6 Å². The smallest absolute Gasteiger partial charge is 0.358 e. The van der Waals surface area contributed by atoms with Crippen molar-refractivity contribution in [2.45, 2.75) is 19.1 Å². The van der Waals surface area contributed by atoms with Crippen LogP contribution >= 0.6 is 11.6 Å². The number of amides is 1. The van der Waals surface area contributed by atoms with Crippen molar-refractivity contribution in [2.24, 2.45) is 0 Å². The van der Waals surface area contributed by atoms with Crippen molar-refractivity contribution >= 4 is 34.8 Å². The summed E-state index contributed by atoms with van der Waals surface area (Å²) in [6, 6.07) is 6.13. The van der Waals surface area contributed by atoms with Gasteiger partial charge < -0.3 is 15.1 Å². The molecule has 198 valence electrons. The van der Waals surface area contributed by atoms with Gasteiger partial charge in [0.05, 0.1) is 16.8 Å². The fourth-order valence-corrected chi connectivity index (χ4v) is 4.64. The van der Waals surface area contributed by atoms with Crippen LogP contribution in [0, 0.1) is 5.82 Å². The lowest BCUT2D eigenvalue weighted by molar-refractivity contribution is -0.137. The van der Waals surface area contributed by atoms with Crippen LogP contribution < -0.4 is 10.2 Å². The van der Waals surface area contributed by atoms with Crippen LogP contribution in [0.3, 0.4) is 0 Å². The maximum absolute atomic E-state index is 13.5. The first-order chi connectivity index (χ1) is 18.1. The van der Waals surface area contributed by atoms with E-state index in [0.717, 1.165) is 12.3 Å². The fourth-order valence-electron chi connectivity index (χ4n) is 4.35. The summed E-state index contributed by atoms with van der Waals surface area (Å²) in [6.45, 7) is 3.13. The normalized spacial score (nSPS) is 15.1. The van der Waals surface area contributed by atoms with Crippen LogP contribution in [0.1, 0.15) is 12.5 Å². The standard InChI is InChI=1S/C25H22ClF4N7O/c1-15(33-23-21(16-2-4-18(27)5-3-16)34-20-14-31-6-7-37(20)23)24(38)36-10-8-35(9-11-36)22-19(26)12-17(13-32-22)25(28,29)30/h2-7,12-15,33H,8-11H2,1H3. The van der Waals surface area contributed by atoms with Crippen LogP contribution in [0.2, 0.25) is 5.02 Å². The zero-order valence-electron chi connectivity index (χ0n) is 20.1. The highest BCUT2D eigenvalue weighted by Crippen LogP contribution is 2.34. The first-order valence-electron chi connectivity index (χ1n) is 11.7. The highest BCUT2D eigenvalue weighted by molar-refractivity contribution is 6.33. The molecule has 8 nitrogen and oxygen atoms in total. The average molecular weight is 548 g/mol. The maximum Gasteiger partial charge on any atom is 0.417 e. The van der Waals surface area contributed by atoms with E-state index >= 15 is 0 Å². The molecule has 3 aromatic heterocycles. The minimum absolute atomic E-state index is 0.0925. The van der Waals surface area contributed by atoms with E-state index in [4.69, 9.17) is 11.6 Å². The molecule has 1 amide bonds. The number of fused-ring (bicyclic) bond motifs is 1. The van der Waals surface area contributed by atoms with Gasteiger partial charge in [-0.1, -0.05) is 11.6 Å². The van der Waals surface area contributed by atoms with Crippen LogP contribution in [0.5, 0.6) is 0 Å². The summed E-state index contributed by atoms with van der Waals surface area (Å²) in [5.74, 6) is 0.282. The molecule has 1 fully saturated rings. The van der Waals surface area contributed by atoms with Gasteiger partial charge in [-0.3, -0.25) is 14.2 Å². The van der Waals surface area contributed by atoms with Crippen molar-refractivity contribution in [3.63, 3.8) is 0 Å². The number of halogens is 5. The van der Waals surface area contributed by atoms with Gasteiger partial charge in [-0.15, -0.1) is 0 Å². The molecule has 1 saturated heterocycles. The molecule has 0 aliphatic carbocycles. The van der Waals surface area contributed by atoms with E-state index in [0.29, 0.717) is 48.9 Å². The quantitative estimate of drug-likeness (QED) is 0.363. The SMILES string of the molecule is CC(Nc1c(-c2ccc(F)cc2)nc2cnccn12)C(=O)N1CCN(c2ncc(C(F)(F)F)cc2Cl)CC1. The van der Waals surface area contributed by atoms with Crippen molar-refractivity contribution in [1.29, 1.82) is 0 Å². The molecular weight excluding hydrogens is 526 g/mol. The first kappa shape index (κ1) is 25.7. The van der Waals surface area contributed by atoms with Gasteiger partial charge in [0, 0.05) is 50.3 Å². The van der Waals surface area contributed by atoms with Gasteiger partial charge in [0.2, 0.25) is 5.91 Å². The molecule has 4 heterocycles. The van der Waals surface area contributed by atoms with Gasteiger partial charge in [-0.2, -0.15) is 13.2 Å². The van der Waals surface area contributed by atoms with Gasteiger partial charge in [0.1, 0.15) is 29.2 Å². The van der Waals surface area contributed by atoms with E-state index < -0.39 is 17.8 Å². The molecule has 38 heavy (non-hydrogen) atoms. The lowest BCUT2D eigenvalue weighted by Gasteiger charge is -2.37. The Morgan fingerprint density at radius 2 is 1.82 bits per heavy atom. The number of benzene rings is 1. The number of aromatic nitrogens is 4. The number of nitrogens with zero attached hydrogens (tertiary/aromatic N) is 6. The Labute approximate surface area is 219 Å². The van der Waals surface area contributed by atoms with Crippen LogP contribution in [-0.4, -0.2) is 62.4 Å². The Morgan fingerprint density at radius 3 is 2.47 bits per heavy atom. The largest absolute Gasteiger partial charge is 0.417 e. The molecule has 0 bridgehead atoms. The monoisotopic (exact) mass is 547 g/mol. The Morgan fingerprint density at radius 1 is 1.11 bits per heavy atom. The number of anilines is 2. The predicted octanol–water partition coefficient (Wildman–Crippen LogP) is 4.75. The fraction of sp³-hybridized carbons (Fsp3) is 0.280. The Balaban J connectivity index is 1.29. The molecule has 1 aromatic carbocycles. The second kappa shape index (κ2) is 10.1. The molecule has 1 atom stereocenters. The molecular formula is C25H22ClF4N7O. The molecule has 0 spiro atoms. The van der Waals surface area contributed by atoms with E-state index in [9.17, 15) is 22.4 Å². The number of imidazole rings is 1. The van der Waals surface area contributed by atoms with E-state index in [1.165, 1.54) is 12.1 Å². The number of carbonyl (C=O) groups is 1. The van der Waals surface area contributed by atoms with Gasteiger partial charge in [-0.05, 0) is 37.3 Å². The third-order valence-corrected chi connectivity index (χ3v) is 6.59. The van der Waals surface area contributed by atoms with Crippen LogP contribution in [0.4, 0.5) is 29.2 Å². The van der Waals surface area contributed by atoms with Crippen molar-refractivity contribution in [3.05, 3.63) is 71.5 Å². The highest BCUT2D eigenvalue weighted by atomic mass is 35.5. The molecule has 4 aromatic rings. The third kappa shape index (κ3) is 5.08. The topological polar surface area (TPSA) is 78.7 Å². The van der Waals surface area contributed by atoms with Crippen molar-refractivity contribution in [3.8, 4) is 11.3 Å². The number of hydrogen-bond acceptors (Lipinski definition) is 6. The third-order valence-electron chi connectivity index (χ3n) is 6.31. The molecule has 1 N–H and O–H groups in total. The second-order valence-corrected chi connectivity index (χ2v) is 9.23. The van der Waals surface area contributed by atoms with Gasteiger partial charge in [0.25, 0.3) is 0 Å². The zero-order valence-corrected chi connectivity index (χ0v) is 20.8. The Kier molecular flexibility index (Phi) is 6.82. The second-order valence-electron chi connectivity index (χ2n) is 8.83. The number of carbonyl (C=O) groups excluding carboxylic acids is 1. The Bertz CT molecular complexity index is 1470. The number of pyridine rings is 1. The molecule has 0 radical (unpaired) electrons. The summed E-state index contributed by atoms with van der Waals surface area (Å²) in [7, 11) is 0. The minimum atomic E-state index is -4.53. The molecule has 13 heteroatoms. The number of piperazine rings is 1. The molecule has 1 aliphatic heterocycles. The summed E-state index contributed by atoms with van der Waals surface area (Å²) in [6.07, 6.45) is 1.13. The minimum Gasteiger partial charge on any atom is -0.358 e. The lowest BCUT2D eigenvalue weighted by atomic mass is 10.1. The molecule has 1 unspecified atom stereocenters. The van der Waals surface area contributed by atoms with Crippen LogP contribution in [-0.2, 0) is 11.0 Å². The number of rotatable bonds is 5. The summed E-state index contributed by atoms with van der Waals surface area (Å²) in [4.78, 5) is 29.4. The van der Waals surface area contributed by atoms with Crippen molar-refractivity contribution in [1.82, 2.24) is 24.3 Å². The average Bonchev–Trinajstić information content (AvgIpc) is 3.26. The molecule has 1 aliphatic rings. The first-order valence-corrected chi connectivity index (χ1v) is 12.1. The van der Waals surface area contributed by atoms with E-state index in [1.54, 1.807) is 51.8 Å². The predicted molar refractivity (Wildman–Crippen MR) is 135 cm³/mol. The van der Waals surface area contributed by atoms with Gasteiger partial charge in [-0.25, -0.2) is 14.4 Å². The van der Waals surface area contributed by atoms with Crippen molar-refractivity contribution in [2.75, 3.05) is 36.4 Å².